The quantitative estimate of drug-likeness (QED) is 0.348. The van der Waals surface area contributed by atoms with Crippen molar-refractivity contribution in [2.45, 2.75) is 12.7 Å². The predicted molar refractivity (Wildman–Crippen MR) is 129 cm³/mol. The fraction of sp³-hybridized carbons (Fsp3) is 0.222. The second kappa shape index (κ2) is 7.73. The summed E-state index contributed by atoms with van der Waals surface area (Å²) in [4.78, 5) is 24.8. The molecule has 2 aromatic rings. The van der Waals surface area contributed by atoms with Gasteiger partial charge in [0.1, 0.15) is 29.8 Å². The number of rotatable bonds is 4. The molecule has 0 amide bonds. The number of carboxylic acid groups (broad SMARTS) is 2. The Labute approximate surface area is 212 Å². The van der Waals surface area contributed by atoms with Gasteiger partial charge in [0.25, 0.3) is 0 Å². The molecule has 170 valence electrons. The van der Waals surface area contributed by atoms with Crippen molar-refractivity contribution in [3.63, 3.8) is 0 Å². The van der Waals surface area contributed by atoms with Gasteiger partial charge in [-0.1, -0.05) is 0 Å². The number of hydrogen-bond acceptors (Lipinski definition) is 4. The molecule has 1 aliphatic carbocycles. The lowest BCUT2D eigenvalue weighted by Gasteiger charge is -2.33. The molecular formula is C27H23N2O5+. The summed E-state index contributed by atoms with van der Waals surface area (Å²) in [6.07, 6.45) is -5.80. The Morgan fingerprint density at radius 2 is 1.74 bits per heavy atom. The second-order valence-electron chi connectivity index (χ2n) is 7.58. The first-order chi connectivity index (χ1) is 21.0. The van der Waals surface area contributed by atoms with E-state index in [1.54, 1.807) is 0 Å². The zero-order chi connectivity index (χ0) is 34.2. The molecule has 0 unspecified atom stereocenters. The van der Waals surface area contributed by atoms with Crippen LogP contribution in [0.2, 0.25) is 0 Å². The molecule has 7 heteroatoms. The van der Waals surface area contributed by atoms with Gasteiger partial charge in [0, 0.05) is 58.3 Å². The van der Waals surface area contributed by atoms with Crippen molar-refractivity contribution in [1.82, 2.24) is 4.58 Å². The van der Waals surface area contributed by atoms with Crippen LogP contribution in [0.15, 0.2) is 59.0 Å². The SMILES string of the molecule is [2H]C1([2H])N(c2ccc3c(-c4cc(C(=O)O)ccc4C(=O)O)c4ccc(=[N+]5C([2H])([2H])C([2H])([2H])C5([2H])[2H])cc-4oc3c2)C([2H])([2H])C1([2H])[2H]. The lowest BCUT2D eigenvalue weighted by Crippen LogP contribution is -2.40. The number of anilines is 1. The minimum Gasteiger partial charge on any atom is -0.478 e. The third kappa shape index (κ3) is 3.23. The number of aromatic carboxylic acids is 2. The number of carbonyl (C=O) groups is 2. The molecule has 0 bridgehead atoms. The highest BCUT2D eigenvalue weighted by atomic mass is 16.4. The molecule has 0 atom stereocenters. The zero-order valence-electron chi connectivity index (χ0n) is 29.2. The van der Waals surface area contributed by atoms with E-state index in [-0.39, 0.29) is 55.6 Å². The molecule has 0 saturated carbocycles. The summed E-state index contributed by atoms with van der Waals surface area (Å²) in [6, 6.07) is 11.0. The van der Waals surface area contributed by atoms with Gasteiger partial charge in [-0.3, -0.25) is 0 Å². The van der Waals surface area contributed by atoms with E-state index in [9.17, 15) is 19.8 Å². The molecule has 2 aromatic carbocycles. The maximum Gasteiger partial charge on any atom is 0.336 e. The fourth-order valence-corrected chi connectivity index (χ4v) is 3.99. The Morgan fingerprint density at radius 1 is 0.912 bits per heavy atom. The largest absolute Gasteiger partial charge is 0.478 e. The maximum atomic E-state index is 12.3. The van der Waals surface area contributed by atoms with Crippen molar-refractivity contribution in [3.05, 3.63) is 71.1 Å². The molecule has 0 spiro atoms. The van der Waals surface area contributed by atoms with Gasteiger partial charge >= 0.3 is 11.9 Å². The first-order valence-electron chi connectivity index (χ1n) is 16.1. The Balaban J connectivity index is 1.72. The van der Waals surface area contributed by atoms with Gasteiger partial charge < -0.3 is 19.5 Å². The van der Waals surface area contributed by atoms with Gasteiger partial charge in [0.15, 0.2) is 0 Å². The van der Waals surface area contributed by atoms with E-state index in [2.05, 4.69) is 0 Å². The number of carboxylic acids is 2. The highest BCUT2D eigenvalue weighted by molar-refractivity contribution is 6.09. The van der Waals surface area contributed by atoms with Crippen molar-refractivity contribution in [2.24, 2.45) is 0 Å². The molecule has 6 rings (SSSR count). The lowest BCUT2D eigenvalue weighted by molar-refractivity contribution is 0.0682. The summed E-state index contributed by atoms with van der Waals surface area (Å²) in [5.74, 6) is -2.88. The van der Waals surface area contributed by atoms with E-state index in [1.165, 1.54) is 36.4 Å². The van der Waals surface area contributed by atoms with Crippen molar-refractivity contribution in [1.29, 1.82) is 0 Å². The van der Waals surface area contributed by atoms with Crippen molar-refractivity contribution in [3.8, 4) is 22.5 Å². The smallest absolute Gasteiger partial charge is 0.336 e. The van der Waals surface area contributed by atoms with Gasteiger partial charge in [0.05, 0.1) is 23.6 Å². The fourth-order valence-electron chi connectivity index (χ4n) is 3.99. The van der Waals surface area contributed by atoms with E-state index < -0.39 is 50.7 Å². The van der Waals surface area contributed by atoms with Crippen LogP contribution in [0.3, 0.4) is 0 Å². The average Bonchev–Trinajstić information content (AvgIpc) is 2.94. The van der Waals surface area contributed by atoms with E-state index in [0.717, 1.165) is 18.2 Å². The van der Waals surface area contributed by atoms with Crippen LogP contribution in [0.5, 0.6) is 0 Å². The van der Waals surface area contributed by atoms with E-state index in [0.29, 0.717) is 9.48 Å². The number of fused-ring (bicyclic) bond motifs is 2. The van der Waals surface area contributed by atoms with Gasteiger partial charge in [-0.15, -0.1) is 0 Å². The molecule has 3 heterocycles. The van der Waals surface area contributed by atoms with Gasteiger partial charge in [-0.25, -0.2) is 14.2 Å². The van der Waals surface area contributed by atoms with Crippen LogP contribution in [-0.2, 0) is 0 Å². The first-order valence-corrected chi connectivity index (χ1v) is 10.1. The number of benzene rings is 3. The van der Waals surface area contributed by atoms with Crippen LogP contribution in [0.4, 0.5) is 5.69 Å². The van der Waals surface area contributed by atoms with Crippen molar-refractivity contribution < 1.29 is 40.7 Å². The minimum atomic E-state index is -2.90. The molecule has 0 aromatic heterocycles. The molecule has 0 radical (unpaired) electrons. The van der Waals surface area contributed by atoms with Gasteiger partial charge in [-0.2, -0.15) is 0 Å². The summed E-state index contributed by atoms with van der Waals surface area (Å²) in [6.45, 7) is -11.2. The molecule has 7 nitrogen and oxygen atoms in total. The Hall–Kier alpha value is -4.13. The van der Waals surface area contributed by atoms with Crippen LogP contribution in [-0.4, -0.2) is 48.1 Å². The highest BCUT2D eigenvalue weighted by Crippen LogP contribution is 2.42. The molecule has 4 aliphatic rings. The number of hydrogen-bond donors (Lipinski definition) is 2. The topological polar surface area (TPSA) is 94.0 Å². The van der Waals surface area contributed by atoms with E-state index in [4.69, 9.17) is 20.9 Å². The van der Waals surface area contributed by atoms with Crippen LogP contribution < -0.4 is 14.8 Å². The van der Waals surface area contributed by atoms with Crippen molar-refractivity contribution in [2.75, 3.05) is 30.9 Å². The molecule has 3 aliphatic heterocycles. The van der Waals surface area contributed by atoms with E-state index >= 15 is 0 Å². The second-order valence-corrected chi connectivity index (χ2v) is 7.58. The zero-order valence-corrected chi connectivity index (χ0v) is 17.2. The summed E-state index contributed by atoms with van der Waals surface area (Å²) < 4.78 is 104. The minimum absolute atomic E-state index is 0.0735. The number of nitrogens with zero attached hydrogens (tertiary/aromatic N) is 2. The third-order valence-corrected chi connectivity index (χ3v) is 5.64. The molecular weight excluding hydrogens is 432 g/mol. The predicted octanol–water partition coefficient (Wildman–Crippen LogP) is 3.99. The summed E-state index contributed by atoms with van der Waals surface area (Å²) in [5, 5.41) is 19.7. The third-order valence-electron chi connectivity index (χ3n) is 5.64. The normalized spacial score (nSPS) is 29.4. The molecule has 2 N–H and O–H groups in total. The summed E-state index contributed by atoms with van der Waals surface area (Å²) >= 11 is 0. The van der Waals surface area contributed by atoms with Crippen LogP contribution in [0.25, 0.3) is 33.4 Å². The maximum absolute atomic E-state index is 12.3. The Kier molecular flexibility index (Phi) is 2.58. The highest BCUT2D eigenvalue weighted by Gasteiger charge is 2.25. The summed E-state index contributed by atoms with van der Waals surface area (Å²) in [5.41, 5.74) is -0.615. The first kappa shape index (κ1) is 11.3. The van der Waals surface area contributed by atoms with Crippen LogP contribution in [0.1, 0.15) is 49.9 Å². The van der Waals surface area contributed by atoms with Crippen LogP contribution >= 0.6 is 0 Å². The molecule has 2 fully saturated rings. The van der Waals surface area contributed by atoms with E-state index in [1.807, 2.05) is 0 Å². The monoisotopic (exact) mass is 467 g/mol. The van der Waals surface area contributed by atoms with Gasteiger partial charge in [-0.05, 0) is 48.3 Å². The molecule has 2 saturated heterocycles. The lowest BCUT2D eigenvalue weighted by atomic mass is 9.89. The summed E-state index contributed by atoms with van der Waals surface area (Å²) in [7, 11) is 0. The van der Waals surface area contributed by atoms with Crippen molar-refractivity contribution >= 4 is 28.6 Å². The van der Waals surface area contributed by atoms with Gasteiger partial charge in [0.2, 0.25) is 5.36 Å². The molecule has 34 heavy (non-hydrogen) atoms. The standard InChI is InChI=1S/C27H22N2O5/c30-26(31)16-3-6-19(27(32)33)22(13-16)25-20-7-4-17(28-9-1-10-28)14-23(20)34-24-15-18(5-8-21(24)25)29-11-2-12-29/h3-8,13-15H,1-2,9-12H2,(H-,30,31,32,33)/p+1/i1D2,2D2,9D2,10D2,11D2,12D2. The Morgan fingerprint density at radius 3 is 2.50 bits per heavy atom. The Bertz CT molecular complexity index is 2020. The van der Waals surface area contributed by atoms with Crippen LogP contribution in [0, 0.1) is 0 Å². The average molecular weight is 468 g/mol.